The number of oxime groups is 1. The van der Waals surface area contributed by atoms with E-state index in [9.17, 15) is 10.1 Å². The first kappa shape index (κ1) is 23.3. The van der Waals surface area contributed by atoms with Crippen LogP contribution in [0.4, 0.5) is 0 Å². The summed E-state index contributed by atoms with van der Waals surface area (Å²) in [4.78, 5) is 18.1. The molecule has 0 N–H and O–H groups in total. The maximum absolute atomic E-state index is 12.8. The zero-order valence-corrected chi connectivity index (χ0v) is 18.9. The summed E-state index contributed by atoms with van der Waals surface area (Å²) in [6, 6.07) is 18.5. The molecule has 0 radical (unpaired) electrons. The molecule has 0 bridgehead atoms. The second-order valence-corrected chi connectivity index (χ2v) is 8.55. The minimum Gasteiger partial charge on any atom is -0.457 e. The average Bonchev–Trinajstić information content (AvgIpc) is 3.35. The van der Waals surface area contributed by atoms with Gasteiger partial charge in [-0.15, -0.1) is 0 Å². The van der Waals surface area contributed by atoms with Gasteiger partial charge in [-0.2, -0.15) is 5.26 Å². The van der Waals surface area contributed by atoms with Crippen molar-refractivity contribution >= 4 is 12.2 Å². The van der Waals surface area contributed by atoms with Gasteiger partial charge in [-0.25, -0.2) is 0 Å². The Labute approximate surface area is 189 Å². The molecule has 1 saturated carbocycles. The number of unbranched alkanes of at least 4 members (excludes halogenated alkanes) is 2. The Bertz CT molecular complexity index is 965. The molecule has 2 aromatic rings. The van der Waals surface area contributed by atoms with Gasteiger partial charge in [-0.1, -0.05) is 69.1 Å². The molecule has 32 heavy (non-hydrogen) atoms. The zero-order chi connectivity index (χ0) is 23.0. The number of hydrogen-bond donors (Lipinski definition) is 0. The average molecular weight is 435 g/mol. The quantitative estimate of drug-likeness (QED) is 0.186. The summed E-state index contributed by atoms with van der Waals surface area (Å²) in [6.45, 7) is 6.68. The summed E-state index contributed by atoms with van der Waals surface area (Å²) in [7, 11) is 0. The standard InChI is InChI=1S/C26H30N2O4/c1-4-5-9-15-30-28-18-22-24(26(22,2)3)25(29)32-23(17-27)19-11-10-14-21(16-19)31-20-12-7-6-8-13-20/h6-8,10-14,16,18,22-24H,4-5,9,15H2,1-3H3/t22-,23?,24-/m0/s1. The van der Waals surface area contributed by atoms with E-state index >= 15 is 0 Å². The highest BCUT2D eigenvalue weighted by atomic mass is 16.6. The molecule has 1 fully saturated rings. The highest BCUT2D eigenvalue weighted by Gasteiger charge is 2.62. The monoisotopic (exact) mass is 434 g/mol. The van der Waals surface area contributed by atoms with Gasteiger partial charge >= 0.3 is 5.97 Å². The number of nitrogens with zero attached hydrogens (tertiary/aromatic N) is 2. The zero-order valence-electron chi connectivity index (χ0n) is 18.9. The minimum atomic E-state index is -1.01. The number of carbonyl (C=O) groups is 1. The number of hydrogen-bond acceptors (Lipinski definition) is 6. The van der Waals surface area contributed by atoms with E-state index in [1.807, 2.05) is 44.2 Å². The molecule has 3 rings (SSSR count). The Morgan fingerprint density at radius 1 is 1.16 bits per heavy atom. The number of esters is 1. The first-order valence-electron chi connectivity index (χ1n) is 11.1. The van der Waals surface area contributed by atoms with Gasteiger partial charge in [0.05, 0.1) is 5.92 Å². The summed E-state index contributed by atoms with van der Waals surface area (Å²) in [5, 5.41) is 13.7. The molecule has 0 aliphatic heterocycles. The minimum absolute atomic E-state index is 0.0757. The molecular weight excluding hydrogens is 404 g/mol. The topological polar surface area (TPSA) is 80.9 Å². The predicted molar refractivity (Wildman–Crippen MR) is 122 cm³/mol. The van der Waals surface area contributed by atoms with Crippen LogP contribution in [0.1, 0.15) is 51.7 Å². The summed E-state index contributed by atoms with van der Waals surface area (Å²) >= 11 is 0. The van der Waals surface area contributed by atoms with Gasteiger partial charge in [0.1, 0.15) is 24.2 Å². The van der Waals surface area contributed by atoms with Crippen LogP contribution in [-0.2, 0) is 14.4 Å². The smallest absolute Gasteiger partial charge is 0.311 e. The molecule has 3 atom stereocenters. The molecule has 0 spiro atoms. The molecule has 0 heterocycles. The van der Waals surface area contributed by atoms with Crippen molar-refractivity contribution in [2.24, 2.45) is 22.4 Å². The van der Waals surface area contributed by atoms with Crippen molar-refractivity contribution in [1.29, 1.82) is 5.26 Å². The lowest BCUT2D eigenvalue weighted by Gasteiger charge is -2.13. The van der Waals surface area contributed by atoms with Crippen LogP contribution >= 0.6 is 0 Å². The molecule has 0 aromatic heterocycles. The SMILES string of the molecule is CCCCCON=C[C@H]1[C@@H](C(=O)OC(C#N)c2cccc(Oc3ccccc3)c2)C1(C)C. The number of nitriles is 1. The fourth-order valence-electron chi connectivity index (χ4n) is 3.71. The first-order valence-corrected chi connectivity index (χ1v) is 11.1. The molecule has 1 aliphatic carbocycles. The normalized spacial score (nSPS) is 19.7. The van der Waals surface area contributed by atoms with E-state index in [1.54, 1.807) is 30.5 Å². The number of carbonyl (C=O) groups excluding carboxylic acids is 1. The molecule has 0 amide bonds. The number of ether oxygens (including phenoxy) is 2. The van der Waals surface area contributed by atoms with Crippen molar-refractivity contribution in [2.45, 2.75) is 46.1 Å². The third kappa shape index (κ3) is 5.88. The summed E-state index contributed by atoms with van der Waals surface area (Å²) < 4.78 is 11.4. The van der Waals surface area contributed by atoms with Crippen molar-refractivity contribution < 1.29 is 19.1 Å². The predicted octanol–water partition coefficient (Wildman–Crippen LogP) is 6.05. The second-order valence-electron chi connectivity index (χ2n) is 8.55. The van der Waals surface area contributed by atoms with Gasteiger partial charge in [0.25, 0.3) is 0 Å². The third-order valence-electron chi connectivity index (χ3n) is 5.79. The van der Waals surface area contributed by atoms with Gasteiger partial charge in [0.15, 0.2) is 0 Å². The molecule has 168 valence electrons. The molecule has 6 heteroatoms. The Morgan fingerprint density at radius 3 is 2.62 bits per heavy atom. The van der Waals surface area contributed by atoms with Crippen LogP contribution in [0.15, 0.2) is 59.8 Å². The van der Waals surface area contributed by atoms with Crippen molar-refractivity contribution in [3.8, 4) is 17.6 Å². The van der Waals surface area contributed by atoms with Gasteiger partial charge in [0, 0.05) is 17.7 Å². The molecule has 6 nitrogen and oxygen atoms in total. The Kier molecular flexibility index (Phi) is 7.88. The van der Waals surface area contributed by atoms with E-state index in [2.05, 4.69) is 18.1 Å². The van der Waals surface area contributed by atoms with Crippen LogP contribution in [0, 0.1) is 28.6 Å². The molecule has 0 saturated heterocycles. The second kappa shape index (κ2) is 10.8. The Balaban J connectivity index is 1.59. The lowest BCUT2D eigenvalue weighted by Crippen LogP contribution is -2.14. The molecule has 1 aliphatic rings. The van der Waals surface area contributed by atoms with E-state index in [-0.39, 0.29) is 17.3 Å². The van der Waals surface area contributed by atoms with Crippen molar-refractivity contribution in [1.82, 2.24) is 0 Å². The lowest BCUT2D eigenvalue weighted by atomic mass is 10.1. The van der Waals surface area contributed by atoms with E-state index in [4.69, 9.17) is 14.3 Å². The number of rotatable bonds is 11. The van der Waals surface area contributed by atoms with E-state index in [1.165, 1.54) is 0 Å². The number of para-hydroxylation sites is 1. The summed E-state index contributed by atoms with van der Waals surface area (Å²) in [5.74, 6) is 0.424. The van der Waals surface area contributed by atoms with Crippen LogP contribution in [-0.4, -0.2) is 18.8 Å². The molecule has 2 aromatic carbocycles. The first-order chi connectivity index (χ1) is 15.5. The van der Waals surface area contributed by atoms with Crippen molar-refractivity contribution in [2.75, 3.05) is 6.61 Å². The fourth-order valence-corrected chi connectivity index (χ4v) is 3.71. The van der Waals surface area contributed by atoms with Gasteiger partial charge in [-0.3, -0.25) is 4.79 Å². The van der Waals surface area contributed by atoms with Crippen LogP contribution < -0.4 is 4.74 Å². The van der Waals surface area contributed by atoms with E-state index in [0.29, 0.717) is 23.7 Å². The highest BCUT2D eigenvalue weighted by Crippen LogP contribution is 2.58. The maximum atomic E-state index is 12.8. The van der Waals surface area contributed by atoms with Gasteiger partial charge in [-0.05, 0) is 36.1 Å². The van der Waals surface area contributed by atoms with E-state index in [0.717, 1.165) is 19.3 Å². The summed E-state index contributed by atoms with van der Waals surface area (Å²) in [5.41, 5.74) is 0.281. The molecule has 1 unspecified atom stereocenters. The molecular formula is C26H30N2O4. The number of benzene rings is 2. The maximum Gasteiger partial charge on any atom is 0.311 e. The summed E-state index contributed by atoms with van der Waals surface area (Å²) in [6.07, 6.45) is 3.86. The van der Waals surface area contributed by atoms with Gasteiger partial charge in [0.2, 0.25) is 6.10 Å². The Hall–Kier alpha value is -3.33. The van der Waals surface area contributed by atoms with Gasteiger partial charge < -0.3 is 14.3 Å². The van der Waals surface area contributed by atoms with Crippen molar-refractivity contribution in [3.05, 3.63) is 60.2 Å². The van der Waals surface area contributed by atoms with Crippen LogP contribution in [0.5, 0.6) is 11.5 Å². The van der Waals surface area contributed by atoms with Crippen LogP contribution in [0.3, 0.4) is 0 Å². The van der Waals surface area contributed by atoms with Crippen LogP contribution in [0.25, 0.3) is 0 Å². The van der Waals surface area contributed by atoms with Crippen molar-refractivity contribution in [3.63, 3.8) is 0 Å². The lowest BCUT2D eigenvalue weighted by molar-refractivity contribution is -0.149. The highest BCUT2D eigenvalue weighted by molar-refractivity contribution is 5.85. The largest absolute Gasteiger partial charge is 0.457 e. The fraction of sp³-hybridized carbons (Fsp3) is 0.423. The van der Waals surface area contributed by atoms with Crippen LogP contribution in [0.2, 0.25) is 0 Å². The third-order valence-corrected chi connectivity index (χ3v) is 5.79. The van der Waals surface area contributed by atoms with E-state index < -0.39 is 12.1 Å². The Morgan fingerprint density at radius 2 is 1.91 bits per heavy atom.